The topological polar surface area (TPSA) is 97.6 Å². The van der Waals surface area contributed by atoms with Crippen LogP contribution in [0.3, 0.4) is 0 Å². The van der Waals surface area contributed by atoms with Gasteiger partial charge in [0.15, 0.2) is 0 Å². The van der Waals surface area contributed by atoms with Gasteiger partial charge in [-0.3, -0.25) is 4.79 Å². The van der Waals surface area contributed by atoms with Crippen LogP contribution in [-0.2, 0) is 17.4 Å². The number of nitrogens with one attached hydrogen (secondary N) is 1. The standard InChI is InChI=1S/C23H18F3N5O/c1-2-17-9-20(31-12-30-17)19-11-29-22-18(19)8-15(10-28-22)14-5-13(3-4-21(27)32)6-16(7-14)23(24,25)26/h3-12H,2H2,1H3,(H2,27,32)(H,28,29)/b4-3+. The van der Waals surface area contributed by atoms with Crippen molar-refractivity contribution in [3.05, 3.63) is 71.9 Å². The summed E-state index contributed by atoms with van der Waals surface area (Å²) in [5, 5.41) is 0.717. The van der Waals surface area contributed by atoms with Crippen LogP contribution in [0, 0.1) is 0 Å². The number of hydrogen-bond acceptors (Lipinski definition) is 4. The number of H-pyrrole nitrogens is 1. The van der Waals surface area contributed by atoms with Crippen molar-refractivity contribution in [1.29, 1.82) is 0 Å². The number of fused-ring (bicyclic) bond motifs is 1. The summed E-state index contributed by atoms with van der Waals surface area (Å²) in [6.07, 6.45) is 3.20. The molecule has 0 spiro atoms. The molecule has 0 radical (unpaired) electrons. The summed E-state index contributed by atoms with van der Waals surface area (Å²) in [6, 6.07) is 7.19. The number of hydrogen-bond donors (Lipinski definition) is 2. The van der Waals surface area contributed by atoms with Crippen molar-refractivity contribution in [2.75, 3.05) is 0 Å². The van der Waals surface area contributed by atoms with Crippen LogP contribution in [0.2, 0.25) is 0 Å². The zero-order chi connectivity index (χ0) is 22.9. The molecule has 0 atom stereocenters. The van der Waals surface area contributed by atoms with E-state index in [1.165, 1.54) is 18.6 Å². The average Bonchev–Trinajstić information content (AvgIpc) is 3.20. The Morgan fingerprint density at radius 3 is 2.62 bits per heavy atom. The van der Waals surface area contributed by atoms with Crippen LogP contribution < -0.4 is 5.73 Å². The minimum absolute atomic E-state index is 0.200. The lowest BCUT2D eigenvalue weighted by atomic mass is 9.99. The molecule has 4 rings (SSSR count). The van der Waals surface area contributed by atoms with Crippen LogP contribution in [-0.4, -0.2) is 25.8 Å². The number of aryl methyl sites for hydroxylation is 1. The molecule has 32 heavy (non-hydrogen) atoms. The fourth-order valence-electron chi connectivity index (χ4n) is 3.37. The largest absolute Gasteiger partial charge is 0.416 e. The molecule has 1 amide bonds. The highest BCUT2D eigenvalue weighted by atomic mass is 19.4. The van der Waals surface area contributed by atoms with E-state index in [-0.39, 0.29) is 5.56 Å². The number of primary amides is 1. The maximum absolute atomic E-state index is 13.5. The van der Waals surface area contributed by atoms with E-state index in [9.17, 15) is 18.0 Å². The Morgan fingerprint density at radius 2 is 1.91 bits per heavy atom. The van der Waals surface area contributed by atoms with E-state index in [2.05, 4.69) is 19.9 Å². The first-order valence-corrected chi connectivity index (χ1v) is 9.73. The Balaban J connectivity index is 1.86. The van der Waals surface area contributed by atoms with E-state index < -0.39 is 17.6 Å². The molecule has 0 unspecified atom stereocenters. The van der Waals surface area contributed by atoms with Crippen LogP contribution in [0.5, 0.6) is 0 Å². The van der Waals surface area contributed by atoms with Crippen LogP contribution in [0.1, 0.15) is 23.7 Å². The monoisotopic (exact) mass is 437 g/mol. The fraction of sp³-hybridized carbons (Fsp3) is 0.130. The zero-order valence-corrected chi connectivity index (χ0v) is 16.9. The fourth-order valence-corrected chi connectivity index (χ4v) is 3.37. The molecule has 0 aliphatic rings. The third-order valence-electron chi connectivity index (χ3n) is 4.95. The number of alkyl halides is 3. The van der Waals surface area contributed by atoms with Gasteiger partial charge in [-0.15, -0.1) is 0 Å². The molecule has 6 nitrogen and oxygen atoms in total. The summed E-state index contributed by atoms with van der Waals surface area (Å²) in [6.45, 7) is 1.99. The molecule has 9 heteroatoms. The molecule has 0 saturated heterocycles. The SMILES string of the molecule is CCc1cc(-c2c[nH]c3ncc(-c4cc(/C=C/C(N)=O)cc(C(F)(F)F)c4)cc23)ncn1. The van der Waals surface area contributed by atoms with Gasteiger partial charge in [0.25, 0.3) is 0 Å². The number of rotatable bonds is 5. The van der Waals surface area contributed by atoms with Crippen LogP contribution in [0.15, 0.2) is 55.1 Å². The summed E-state index contributed by atoms with van der Waals surface area (Å²) >= 11 is 0. The minimum Gasteiger partial charge on any atom is -0.366 e. The Bertz CT molecular complexity index is 1340. The first-order chi connectivity index (χ1) is 15.2. The van der Waals surface area contributed by atoms with E-state index in [1.807, 2.05) is 13.0 Å². The van der Waals surface area contributed by atoms with Gasteiger partial charge in [-0.1, -0.05) is 6.92 Å². The number of aromatic nitrogens is 4. The first-order valence-electron chi connectivity index (χ1n) is 9.73. The van der Waals surface area contributed by atoms with Crippen molar-refractivity contribution >= 4 is 23.0 Å². The number of benzene rings is 1. The summed E-state index contributed by atoms with van der Waals surface area (Å²) in [4.78, 5) is 27.0. The zero-order valence-electron chi connectivity index (χ0n) is 16.9. The van der Waals surface area contributed by atoms with Crippen molar-refractivity contribution in [3.63, 3.8) is 0 Å². The Kier molecular flexibility index (Phi) is 5.48. The van der Waals surface area contributed by atoms with Gasteiger partial charge in [0.1, 0.15) is 12.0 Å². The van der Waals surface area contributed by atoms with Crippen molar-refractivity contribution in [2.45, 2.75) is 19.5 Å². The molecule has 1 aromatic carbocycles. The number of halogens is 3. The number of carbonyl (C=O) groups is 1. The second-order valence-electron chi connectivity index (χ2n) is 7.15. The maximum atomic E-state index is 13.5. The number of nitrogens with two attached hydrogens (primary N) is 1. The van der Waals surface area contributed by atoms with Crippen LogP contribution >= 0.6 is 0 Å². The van der Waals surface area contributed by atoms with Gasteiger partial charge in [-0.25, -0.2) is 15.0 Å². The molecule has 3 aromatic heterocycles. The molecule has 0 aliphatic heterocycles. The molecular weight excluding hydrogens is 419 g/mol. The number of pyridine rings is 1. The lowest BCUT2D eigenvalue weighted by Gasteiger charge is -2.11. The van der Waals surface area contributed by atoms with E-state index >= 15 is 0 Å². The molecule has 0 aliphatic carbocycles. The van der Waals surface area contributed by atoms with Crippen molar-refractivity contribution in [3.8, 4) is 22.4 Å². The smallest absolute Gasteiger partial charge is 0.366 e. The number of aromatic amines is 1. The van der Waals surface area contributed by atoms with E-state index in [4.69, 9.17) is 5.73 Å². The highest BCUT2D eigenvalue weighted by Crippen LogP contribution is 2.35. The van der Waals surface area contributed by atoms with Gasteiger partial charge in [-0.2, -0.15) is 13.2 Å². The van der Waals surface area contributed by atoms with Gasteiger partial charge in [0.2, 0.25) is 5.91 Å². The molecule has 4 aromatic rings. The lowest BCUT2D eigenvalue weighted by molar-refractivity contribution is -0.137. The molecule has 162 valence electrons. The summed E-state index contributed by atoms with van der Waals surface area (Å²) in [5.41, 5.74) is 8.16. The van der Waals surface area contributed by atoms with Crippen molar-refractivity contribution in [2.24, 2.45) is 5.73 Å². The molecule has 3 heterocycles. The van der Waals surface area contributed by atoms with Gasteiger partial charge >= 0.3 is 6.18 Å². The van der Waals surface area contributed by atoms with Gasteiger partial charge in [0.05, 0.1) is 11.3 Å². The molecule has 3 N–H and O–H groups in total. The highest BCUT2D eigenvalue weighted by Gasteiger charge is 2.31. The average molecular weight is 437 g/mol. The molecule has 0 fully saturated rings. The minimum atomic E-state index is -4.56. The number of amides is 1. The number of carbonyl (C=O) groups excluding carboxylic acids is 1. The molecular formula is C23H18F3N5O. The van der Waals surface area contributed by atoms with Gasteiger partial charge < -0.3 is 10.7 Å². The second-order valence-corrected chi connectivity index (χ2v) is 7.15. The third-order valence-corrected chi connectivity index (χ3v) is 4.95. The second kappa shape index (κ2) is 8.26. The normalized spacial score (nSPS) is 12.0. The van der Waals surface area contributed by atoms with Crippen LogP contribution in [0.4, 0.5) is 13.2 Å². The summed E-state index contributed by atoms with van der Waals surface area (Å²) in [5.74, 6) is -0.750. The number of nitrogens with zero attached hydrogens (tertiary/aromatic N) is 3. The predicted molar refractivity (Wildman–Crippen MR) is 115 cm³/mol. The van der Waals surface area contributed by atoms with Crippen molar-refractivity contribution < 1.29 is 18.0 Å². The Labute approximate surface area is 181 Å². The molecule has 0 bridgehead atoms. The summed E-state index contributed by atoms with van der Waals surface area (Å²) < 4.78 is 40.4. The van der Waals surface area contributed by atoms with E-state index in [1.54, 1.807) is 18.3 Å². The van der Waals surface area contributed by atoms with Gasteiger partial charge in [-0.05, 0) is 54.0 Å². The quantitative estimate of drug-likeness (QED) is 0.440. The summed E-state index contributed by atoms with van der Waals surface area (Å²) in [7, 11) is 0. The third kappa shape index (κ3) is 4.36. The van der Waals surface area contributed by atoms with E-state index in [0.717, 1.165) is 41.3 Å². The van der Waals surface area contributed by atoms with E-state index in [0.29, 0.717) is 22.5 Å². The maximum Gasteiger partial charge on any atom is 0.416 e. The Hall–Kier alpha value is -4.01. The lowest BCUT2D eigenvalue weighted by Crippen LogP contribution is -2.06. The highest BCUT2D eigenvalue weighted by molar-refractivity contribution is 5.95. The van der Waals surface area contributed by atoms with Crippen molar-refractivity contribution in [1.82, 2.24) is 19.9 Å². The molecule has 0 saturated carbocycles. The van der Waals surface area contributed by atoms with Crippen LogP contribution in [0.25, 0.3) is 39.5 Å². The predicted octanol–water partition coefficient (Wildman–Crippen LogP) is 4.77. The Morgan fingerprint density at radius 1 is 1.09 bits per heavy atom. The van der Waals surface area contributed by atoms with Gasteiger partial charge in [0, 0.05) is 40.7 Å². The first kappa shape index (κ1) is 21.2.